The fourth-order valence-corrected chi connectivity index (χ4v) is 2.71. The highest BCUT2D eigenvalue weighted by Gasteiger charge is 2.14. The van der Waals surface area contributed by atoms with Gasteiger partial charge in [0.15, 0.2) is 0 Å². The first-order valence-corrected chi connectivity index (χ1v) is 7.04. The Bertz CT molecular complexity index is 660. The monoisotopic (exact) mass is 273 g/mol. The molecule has 1 atom stereocenters. The highest BCUT2D eigenvalue weighted by molar-refractivity contribution is 5.78. The van der Waals surface area contributed by atoms with Gasteiger partial charge in [0.25, 0.3) is 5.56 Å². The van der Waals surface area contributed by atoms with Crippen molar-refractivity contribution in [3.05, 3.63) is 34.9 Å². The quantitative estimate of drug-likeness (QED) is 0.922. The minimum Gasteiger partial charge on any atom is -0.497 e. The fraction of sp³-hybridized carbons (Fsp3) is 0.467. The summed E-state index contributed by atoms with van der Waals surface area (Å²) < 4.78 is 6.86. The summed E-state index contributed by atoms with van der Waals surface area (Å²) in [5.74, 6) is 0.719. The van der Waals surface area contributed by atoms with Crippen LogP contribution in [0.25, 0.3) is 10.9 Å². The number of fused-ring (bicyclic) bond motifs is 1. The molecule has 1 saturated heterocycles. The highest BCUT2D eigenvalue weighted by atomic mass is 16.5. The number of nitrogens with zero attached hydrogens (tertiary/aromatic N) is 2. The summed E-state index contributed by atoms with van der Waals surface area (Å²) in [6.45, 7) is 1.73. The third-order valence-corrected chi connectivity index (χ3v) is 3.86. The van der Waals surface area contributed by atoms with Gasteiger partial charge in [-0.15, -0.1) is 0 Å². The molecule has 3 rings (SSSR count). The predicted molar refractivity (Wildman–Crippen MR) is 78.2 cm³/mol. The van der Waals surface area contributed by atoms with Crippen LogP contribution >= 0.6 is 0 Å². The molecular formula is C15H19N3O2. The summed E-state index contributed by atoms with van der Waals surface area (Å²) in [6.07, 6.45) is 5.21. The number of ether oxygens (including phenoxy) is 1. The molecule has 106 valence electrons. The topological polar surface area (TPSA) is 56.1 Å². The molecule has 0 bridgehead atoms. The van der Waals surface area contributed by atoms with Crippen molar-refractivity contribution >= 4 is 10.9 Å². The van der Waals surface area contributed by atoms with E-state index in [-0.39, 0.29) is 5.56 Å². The van der Waals surface area contributed by atoms with Crippen LogP contribution in [0.15, 0.2) is 29.3 Å². The zero-order chi connectivity index (χ0) is 13.9. The first-order valence-electron chi connectivity index (χ1n) is 7.04. The van der Waals surface area contributed by atoms with Crippen LogP contribution in [0.5, 0.6) is 5.75 Å². The Balaban J connectivity index is 1.92. The van der Waals surface area contributed by atoms with Gasteiger partial charge in [-0.3, -0.25) is 9.36 Å². The molecule has 1 aromatic carbocycles. The molecule has 2 heterocycles. The molecule has 1 aromatic heterocycles. The number of methoxy groups -OCH3 is 1. The van der Waals surface area contributed by atoms with E-state index in [0.717, 1.165) is 18.7 Å². The van der Waals surface area contributed by atoms with Gasteiger partial charge in [-0.1, -0.05) is 6.42 Å². The third kappa shape index (κ3) is 2.54. The van der Waals surface area contributed by atoms with Crippen LogP contribution < -0.4 is 15.6 Å². The van der Waals surface area contributed by atoms with E-state index < -0.39 is 0 Å². The van der Waals surface area contributed by atoms with Gasteiger partial charge in [0, 0.05) is 18.7 Å². The maximum Gasteiger partial charge on any atom is 0.261 e. The van der Waals surface area contributed by atoms with Crippen molar-refractivity contribution in [1.82, 2.24) is 14.9 Å². The summed E-state index contributed by atoms with van der Waals surface area (Å²) in [5, 5.41) is 4.10. The van der Waals surface area contributed by atoms with Crippen molar-refractivity contribution in [2.75, 3.05) is 13.7 Å². The first kappa shape index (κ1) is 13.1. The molecule has 0 amide bonds. The smallest absolute Gasteiger partial charge is 0.261 e. The zero-order valence-electron chi connectivity index (χ0n) is 11.6. The average molecular weight is 273 g/mol. The molecule has 1 aliphatic heterocycles. The molecule has 1 N–H and O–H groups in total. The Hall–Kier alpha value is -1.88. The van der Waals surface area contributed by atoms with Crippen LogP contribution in [0.3, 0.4) is 0 Å². The van der Waals surface area contributed by atoms with Gasteiger partial charge in [-0.2, -0.15) is 0 Å². The van der Waals surface area contributed by atoms with Crippen molar-refractivity contribution in [2.45, 2.75) is 31.8 Å². The number of piperidine rings is 1. The minimum atomic E-state index is 0.0185. The van der Waals surface area contributed by atoms with Crippen LogP contribution in [0.1, 0.15) is 19.3 Å². The maximum absolute atomic E-state index is 12.5. The number of hydrogen-bond acceptors (Lipinski definition) is 4. The van der Waals surface area contributed by atoms with Crippen LogP contribution in [0.4, 0.5) is 0 Å². The summed E-state index contributed by atoms with van der Waals surface area (Å²) in [6, 6.07) is 5.75. The molecule has 0 spiro atoms. The molecular weight excluding hydrogens is 254 g/mol. The summed E-state index contributed by atoms with van der Waals surface area (Å²) in [7, 11) is 1.61. The molecule has 0 saturated carbocycles. The second-order valence-corrected chi connectivity index (χ2v) is 5.23. The van der Waals surface area contributed by atoms with E-state index >= 15 is 0 Å². The molecule has 0 radical (unpaired) electrons. The lowest BCUT2D eigenvalue weighted by Gasteiger charge is -2.24. The standard InChI is InChI=1S/C15H19N3O2/c1-20-12-5-6-13-14(8-12)17-10-18(15(13)19)9-11-4-2-3-7-16-11/h5-6,8,10-11,16H,2-4,7,9H2,1H3. The van der Waals surface area contributed by atoms with Crippen LogP contribution in [-0.2, 0) is 6.54 Å². The Morgan fingerprint density at radius 2 is 2.35 bits per heavy atom. The van der Waals surface area contributed by atoms with Gasteiger partial charge in [-0.25, -0.2) is 4.98 Å². The highest BCUT2D eigenvalue weighted by Crippen LogP contribution is 2.16. The zero-order valence-corrected chi connectivity index (χ0v) is 11.6. The maximum atomic E-state index is 12.5. The summed E-state index contributed by atoms with van der Waals surface area (Å²) in [5.41, 5.74) is 0.701. The molecule has 20 heavy (non-hydrogen) atoms. The van der Waals surface area contributed by atoms with E-state index in [1.54, 1.807) is 36.2 Å². The molecule has 1 fully saturated rings. The molecule has 5 heteroatoms. The largest absolute Gasteiger partial charge is 0.497 e. The van der Waals surface area contributed by atoms with Crippen molar-refractivity contribution in [2.24, 2.45) is 0 Å². The van der Waals surface area contributed by atoms with Gasteiger partial charge in [0.2, 0.25) is 0 Å². The lowest BCUT2D eigenvalue weighted by atomic mass is 10.1. The van der Waals surface area contributed by atoms with Crippen molar-refractivity contribution in [3.63, 3.8) is 0 Å². The molecule has 1 aliphatic rings. The van der Waals surface area contributed by atoms with Crippen LogP contribution in [-0.4, -0.2) is 29.2 Å². The Morgan fingerprint density at radius 3 is 3.10 bits per heavy atom. The Labute approximate surface area is 117 Å². The fourth-order valence-electron chi connectivity index (χ4n) is 2.71. The normalized spacial score (nSPS) is 19.1. The van der Waals surface area contributed by atoms with Gasteiger partial charge in [0.1, 0.15) is 5.75 Å². The van der Waals surface area contributed by atoms with E-state index in [1.807, 2.05) is 0 Å². The minimum absolute atomic E-state index is 0.0185. The summed E-state index contributed by atoms with van der Waals surface area (Å²) >= 11 is 0. The number of benzene rings is 1. The van der Waals surface area contributed by atoms with E-state index in [4.69, 9.17) is 4.74 Å². The van der Waals surface area contributed by atoms with Crippen LogP contribution in [0, 0.1) is 0 Å². The number of nitrogens with one attached hydrogen (secondary N) is 1. The molecule has 0 aliphatic carbocycles. The van der Waals surface area contributed by atoms with Crippen LogP contribution in [0.2, 0.25) is 0 Å². The van der Waals surface area contributed by atoms with Gasteiger partial charge in [-0.05, 0) is 31.5 Å². The third-order valence-electron chi connectivity index (χ3n) is 3.86. The first-order chi connectivity index (χ1) is 9.78. The lowest BCUT2D eigenvalue weighted by molar-refractivity contribution is 0.359. The number of rotatable bonds is 3. The lowest BCUT2D eigenvalue weighted by Crippen LogP contribution is -2.39. The Kier molecular flexibility index (Phi) is 3.69. The van der Waals surface area contributed by atoms with E-state index in [2.05, 4.69) is 10.3 Å². The number of hydrogen-bond donors (Lipinski definition) is 1. The van der Waals surface area contributed by atoms with E-state index in [1.165, 1.54) is 12.8 Å². The molecule has 2 aromatic rings. The predicted octanol–water partition coefficient (Wildman–Crippen LogP) is 1.55. The van der Waals surface area contributed by atoms with Crippen molar-refractivity contribution in [1.29, 1.82) is 0 Å². The van der Waals surface area contributed by atoms with Crippen molar-refractivity contribution < 1.29 is 4.74 Å². The second kappa shape index (κ2) is 5.63. The number of aromatic nitrogens is 2. The van der Waals surface area contributed by atoms with E-state index in [0.29, 0.717) is 23.5 Å². The summed E-state index contributed by atoms with van der Waals surface area (Å²) in [4.78, 5) is 16.8. The second-order valence-electron chi connectivity index (χ2n) is 5.23. The van der Waals surface area contributed by atoms with Crippen molar-refractivity contribution in [3.8, 4) is 5.75 Å². The van der Waals surface area contributed by atoms with E-state index in [9.17, 15) is 4.79 Å². The molecule has 1 unspecified atom stereocenters. The van der Waals surface area contributed by atoms with Gasteiger partial charge >= 0.3 is 0 Å². The van der Waals surface area contributed by atoms with Gasteiger partial charge in [0.05, 0.1) is 24.3 Å². The molecule has 5 nitrogen and oxygen atoms in total. The van der Waals surface area contributed by atoms with Gasteiger partial charge < -0.3 is 10.1 Å². The average Bonchev–Trinajstić information content (AvgIpc) is 2.51. The SMILES string of the molecule is COc1ccc2c(=O)n(CC3CCCCN3)cnc2c1. The Morgan fingerprint density at radius 1 is 1.45 bits per heavy atom.